The average Bonchev–Trinajstić information content (AvgIpc) is 3.61. The topological polar surface area (TPSA) is 43.1 Å². The Labute approximate surface area is 307 Å². The Bertz CT molecular complexity index is 2980. The van der Waals surface area contributed by atoms with Crippen molar-refractivity contribution in [3.63, 3.8) is 0 Å². The lowest BCUT2D eigenvalue weighted by Crippen LogP contribution is -2.25. The van der Waals surface area contributed by atoms with E-state index in [2.05, 4.69) is 103 Å². The molecule has 8 aromatic carbocycles. The first-order valence-corrected chi connectivity index (χ1v) is 19.5. The SMILES string of the molecule is O=P(c1ccccc1)(c1ccccc1)c1cccc(-c2cccc(-c3c4c(cc5c(-c6ccccc6)nc6ccccc6c35)oc3ccccc34)c2)c1. The van der Waals surface area contributed by atoms with Crippen molar-refractivity contribution in [1.29, 1.82) is 0 Å². The van der Waals surface area contributed by atoms with Gasteiger partial charge in [0.15, 0.2) is 7.14 Å². The van der Waals surface area contributed by atoms with Crippen molar-refractivity contribution in [3.05, 3.63) is 194 Å². The zero-order valence-corrected chi connectivity index (χ0v) is 29.6. The zero-order valence-electron chi connectivity index (χ0n) is 28.7. The summed E-state index contributed by atoms with van der Waals surface area (Å²) in [7, 11) is -3.16. The highest BCUT2D eigenvalue weighted by atomic mass is 31.2. The number of nitrogens with zero attached hydrogens (tertiary/aromatic N) is 1. The number of rotatable bonds is 6. The standard InChI is InChI=1S/C49H32NO2P/c51-53(37-21-6-2-7-22-37,38-23-8-3-9-24-38)39-25-15-19-35(31-39)34-18-14-20-36(30-34)46-47-40-26-10-12-28-43(40)50-49(33-16-4-1-5-17-33)42(47)32-45-48(46)41-27-11-13-29-44(41)52-45/h1-32H. The molecule has 2 aromatic heterocycles. The Balaban J connectivity index is 1.25. The van der Waals surface area contributed by atoms with Crippen molar-refractivity contribution in [2.75, 3.05) is 0 Å². The number of pyridine rings is 1. The third-order valence-electron chi connectivity index (χ3n) is 10.3. The van der Waals surface area contributed by atoms with Crippen LogP contribution in [0.3, 0.4) is 0 Å². The van der Waals surface area contributed by atoms with Crippen LogP contribution in [0.4, 0.5) is 0 Å². The first-order chi connectivity index (χ1) is 26.2. The molecule has 0 saturated carbocycles. The molecular weight excluding hydrogens is 666 g/mol. The smallest absolute Gasteiger partial charge is 0.171 e. The first-order valence-electron chi connectivity index (χ1n) is 17.8. The Hall–Kier alpha value is -6.54. The minimum Gasteiger partial charge on any atom is -0.456 e. The van der Waals surface area contributed by atoms with Gasteiger partial charge in [0.2, 0.25) is 0 Å². The van der Waals surface area contributed by atoms with Crippen molar-refractivity contribution in [3.8, 4) is 33.5 Å². The van der Waals surface area contributed by atoms with E-state index in [-0.39, 0.29) is 0 Å². The molecule has 10 aromatic rings. The van der Waals surface area contributed by atoms with E-state index in [1.54, 1.807) is 0 Å². The van der Waals surface area contributed by atoms with Gasteiger partial charge in [-0.3, -0.25) is 0 Å². The minimum absolute atomic E-state index is 0.802. The average molecular weight is 698 g/mol. The predicted octanol–water partition coefficient (Wildman–Crippen LogP) is 11.9. The Morgan fingerprint density at radius 2 is 0.943 bits per heavy atom. The number of benzene rings is 8. The molecule has 0 saturated heterocycles. The fourth-order valence-corrected chi connectivity index (χ4v) is 10.6. The van der Waals surface area contributed by atoms with Gasteiger partial charge in [-0.15, -0.1) is 0 Å². The van der Waals surface area contributed by atoms with Gasteiger partial charge in [0.1, 0.15) is 11.2 Å². The summed E-state index contributed by atoms with van der Waals surface area (Å²) >= 11 is 0. The van der Waals surface area contributed by atoms with E-state index < -0.39 is 7.14 Å². The van der Waals surface area contributed by atoms with Gasteiger partial charge in [-0.05, 0) is 47.0 Å². The molecule has 0 N–H and O–H groups in total. The number of hydrogen-bond donors (Lipinski definition) is 0. The maximum Gasteiger partial charge on any atom is 0.171 e. The lowest BCUT2D eigenvalue weighted by atomic mass is 9.88. The molecule has 3 nitrogen and oxygen atoms in total. The molecule has 0 aliphatic rings. The molecule has 0 aliphatic carbocycles. The summed E-state index contributed by atoms with van der Waals surface area (Å²) in [5, 5.41) is 7.84. The van der Waals surface area contributed by atoms with E-state index in [0.29, 0.717) is 0 Å². The van der Waals surface area contributed by atoms with Crippen LogP contribution in [0.25, 0.3) is 77.1 Å². The van der Waals surface area contributed by atoms with Crippen molar-refractivity contribution in [1.82, 2.24) is 4.98 Å². The normalized spacial score (nSPS) is 11.8. The van der Waals surface area contributed by atoms with Crippen LogP contribution in [-0.2, 0) is 4.57 Å². The van der Waals surface area contributed by atoms with Gasteiger partial charge in [0, 0.05) is 54.0 Å². The number of aromatic nitrogens is 1. The number of para-hydroxylation sites is 2. The second-order valence-corrected chi connectivity index (χ2v) is 16.2. The Morgan fingerprint density at radius 1 is 0.396 bits per heavy atom. The Kier molecular flexibility index (Phi) is 7.42. The highest BCUT2D eigenvalue weighted by Crippen LogP contribution is 2.47. The largest absolute Gasteiger partial charge is 0.456 e. The first kappa shape index (κ1) is 31.2. The van der Waals surface area contributed by atoms with Crippen LogP contribution in [0.15, 0.2) is 199 Å². The molecule has 2 heterocycles. The molecule has 0 fully saturated rings. The van der Waals surface area contributed by atoms with Crippen molar-refractivity contribution in [2.45, 2.75) is 0 Å². The van der Waals surface area contributed by atoms with Crippen LogP contribution in [0, 0.1) is 0 Å². The molecule has 53 heavy (non-hydrogen) atoms. The minimum atomic E-state index is -3.16. The van der Waals surface area contributed by atoms with Crippen molar-refractivity contribution in [2.24, 2.45) is 0 Å². The molecule has 0 amide bonds. The van der Waals surface area contributed by atoms with Crippen LogP contribution < -0.4 is 15.9 Å². The molecular formula is C49H32NO2P. The third kappa shape index (κ3) is 5.12. The molecule has 0 unspecified atom stereocenters. The number of fused-ring (bicyclic) bond motifs is 6. The summed E-state index contributed by atoms with van der Waals surface area (Å²) in [6.07, 6.45) is 0. The van der Waals surface area contributed by atoms with Gasteiger partial charge in [0.05, 0.1) is 11.2 Å². The third-order valence-corrected chi connectivity index (χ3v) is 13.4. The van der Waals surface area contributed by atoms with Crippen LogP contribution >= 0.6 is 7.14 Å². The number of furan rings is 1. The van der Waals surface area contributed by atoms with Gasteiger partial charge in [-0.2, -0.15) is 0 Å². The predicted molar refractivity (Wildman–Crippen MR) is 222 cm³/mol. The molecule has 10 rings (SSSR count). The maximum absolute atomic E-state index is 15.3. The lowest BCUT2D eigenvalue weighted by Gasteiger charge is -2.21. The van der Waals surface area contributed by atoms with Gasteiger partial charge >= 0.3 is 0 Å². The monoisotopic (exact) mass is 697 g/mol. The van der Waals surface area contributed by atoms with Gasteiger partial charge < -0.3 is 8.98 Å². The summed E-state index contributed by atoms with van der Waals surface area (Å²) in [4.78, 5) is 5.25. The van der Waals surface area contributed by atoms with Crippen LogP contribution in [-0.4, -0.2) is 4.98 Å². The van der Waals surface area contributed by atoms with Crippen LogP contribution in [0.1, 0.15) is 0 Å². The molecule has 0 radical (unpaired) electrons. The lowest BCUT2D eigenvalue weighted by molar-refractivity contribution is 0.592. The summed E-state index contributed by atoms with van der Waals surface area (Å²) in [5.41, 5.74) is 8.80. The number of hydrogen-bond acceptors (Lipinski definition) is 3. The molecule has 250 valence electrons. The van der Waals surface area contributed by atoms with Gasteiger partial charge in [-0.25, -0.2) is 4.98 Å². The van der Waals surface area contributed by atoms with Gasteiger partial charge in [-0.1, -0.05) is 164 Å². The summed E-state index contributed by atoms with van der Waals surface area (Å²) in [6.45, 7) is 0. The molecule has 0 spiro atoms. The molecule has 0 aliphatic heterocycles. The Morgan fingerprint density at radius 3 is 1.68 bits per heavy atom. The van der Waals surface area contributed by atoms with E-state index in [4.69, 9.17) is 9.40 Å². The molecule has 0 bridgehead atoms. The van der Waals surface area contributed by atoms with E-state index >= 15 is 4.57 Å². The van der Waals surface area contributed by atoms with Gasteiger partial charge in [0.25, 0.3) is 0 Å². The fraction of sp³-hybridized carbons (Fsp3) is 0. The fourth-order valence-electron chi connectivity index (χ4n) is 7.88. The summed E-state index contributed by atoms with van der Waals surface area (Å²) in [6, 6.07) is 66.0. The van der Waals surface area contributed by atoms with Crippen molar-refractivity contribution < 1.29 is 8.98 Å². The van der Waals surface area contributed by atoms with Crippen LogP contribution in [0.5, 0.6) is 0 Å². The summed E-state index contributed by atoms with van der Waals surface area (Å²) in [5.74, 6) is 0. The van der Waals surface area contributed by atoms with E-state index in [9.17, 15) is 0 Å². The highest BCUT2D eigenvalue weighted by molar-refractivity contribution is 7.85. The van der Waals surface area contributed by atoms with Crippen molar-refractivity contribution >= 4 is 66.7 Å². The second kappa shape index (κ2) is 12.6. The van der Waals surface area contributed by atoms with Crippen LogP contribution in [0.2, 0.25) is 0 Å². The highest BCUT2D eigenvalue weighted by Gasteiger charge is 2.30. The maximum atomic E-state index is 15.3. The van der Waals surface area contributed by atoms with E-state index in [1.165, 1.54) is 0 Å². The van der Waals surface area contributed by atoms with E-state index in [1.807, 2.05) is 91.0 Å². The zero-order chi connectivity index (χ0) is 35.4. The molecule has 4 heteroatoms. The quantitative estimate of drug-likeness (QED) is 0.128. The summed E-state index contributed by atoms with van der Waals surface area (Å²) < 4.78 is 22.0. The molecule has 0 atom stereocenters. The second-order valence-electron chi connectivity index (χ2n) is 13.4. The van der Waals surface area contributed by atoms with E-state index in [0.717, 1.165) is 93.0 Å².